The molecule has 0 radical (unpaired) electrons. The SMILES string of the molecule is O=C(NCCN1CCN(Cc2ccccc2)CC1)c1ccccc1SCC1CCCO1. The van der Waals surface area contributed by atoms with Crippen molar-refractivity contribution in [1.82, 2.24) is 15.1 Å². The van der Waals surface area contributed by atoms with E-state index in [1.54, 1.807) is 11.8 Å². The van der Waals surface area contributed by atoms with E-state index >= 15 is 0 Å². The van der Waals surface area contributed by atoms with Crippen molar-refractivity contribution in [1.29, 1.82) is 0 Å². The lowest BCUT2D eigenvalue weighted by atomic mass is 10.2. The van der Waals surface area contributed by atoms with Crippen LogP contribution < -0.4 is 5.32 Å². The Bertz CT molecular complexity index is 819. The molecule has 166 valence electrons. The number of thioether (sulfide) groups is 1. The summed E-state index contributed by atoms with van der Waals surface area (Å²) in [5.41, 5.74) is 2.15. The van der Waals surface area contributed by atoms with Gasteiger partial charge in [0.1, 0.15) is 0 Å². The van der Waals surface area contributed by atoms with Crippen LogP contribution in [-0.2, 0) is 11.3 Å². The maximum absolute atomic E-state index is 12.8. The monoisotopic (exact) mass is 439 g/mol. The van der Waals surface area contributed by atoms with Crippen LogP contribution in [0.4, 0.5) is 0 Å². The first-order valence-corrected chi connectivity index (χ1v) is 12.4. The van der Waals surface area contributed by atoms with Crippen molar-refractivity contribution < 1.29 is 9.53 Å². The molecule has 0 aromatic heterocycles. The Morgan fingerprint density at radius 1 is 1.00 bits per heavy atom. The van der Waals surface area contributed by atoms with E-state index in [1.807, 2.05) is 24.3 Å². The highest BCUT2D eigenvalue weighted by Gasteiger charge is 2.19. The third-order valence-electron chi connectivity index (χ3n) is 6.01. The Labute approximate surface area is 190 Å². The Balaban J connectivity index is 1.18. The summed E-state index contributed by atoms with van der Waals surface area (Å²) >= 11 is 1.73. The number of carbonyl (C=O) groups excluding carboxylic acids is 1. The number of benzene rings is 2. The van der Waals surface area contributed by atoms with Crippen molar-refractivity contribution in [2.75, 3.05) is 51.6 Å². The van der Waals surface area contributed by atoms with Gasteiger partial charge in [-0.2, -0.15) is 0 Å². The molecule has 0 bridgehead atoms. The lowest BCUT2D eigenvalue weighted by molar-refractivity contribution is 0.0931. The molecular formula is C25H33N3O2S. The number of carbonyl (C=O) groups is 1. The van der Waals surface area contributed by atoms with E-state index in [9.17, 15) is 4.79 Å². The minimum atomic E-state index is 0.0261. The summed E-state index contributed by atoms with van der Waals surface area (Å²) in [6.07, 6.45) is 2.59. The Kier molecular flexibility index (Phi) is 8.41. The van der Waals surface area contributed by atoms with Crippen molar-refractivity contribution in [2.45, 2.75) is 30.4 Å². The largest absolute Gasteiger partial charge is 0.377 e. The van der Waals surface area contributed by atoms with Crippen molar-refractivity contribution in [2.24, 2.45) is 0 Å². The van der Waals surface area contributed by atoms with Gasteiger partial charge in [-0.15, -0.1) is 11.8 Å². The molecule has 5 nitrogen and oxygen atoms in total. The first-order chi connectivity index (χ1) is 15.3. The molecule has 2 saturated heterocycles. The number of hydrogen-bond donors (Lipinski definition) is 1. The molecule has 2 aliphatic rings. The van der Waals surface area contributed by atoms with Gasteiger partial charge in [-0.3, -0.25) is 14.6 Å². The molecule has 2 aromatic carbocycles. The molecule has 2 fully saturated rings. The van der Waals surface area contributed by atoms with Gasteiger partial charge < -0.3 is 10.1 Å². The number of nitrogens with zero attached hydrogens (tertiary/aromatic N) is 2. The second-order valence-electron chi connectivity index (χ2n) is 8.30. The minimum absolute atomic E-state index is 0.0261. The molecule has 1 atom stereocenters. The summed E-state index contributed by atoms with van der Waals surface area (Å²) in [6, 6.07) is 18.6. The van der Waals surface area contributed by atoms with Crippen molar-refractivity contribution in [3.05, 3.63) is 65.7 Å². The van der Waals surface area contributed by atoms with Crippen LogP contribution in [0, 0.1) is 0 Å². The van der Waals surface area contributed by atoms with Gasteiger partial charge in [0.25, 0.3) is 5.91 Å². The van der Waals surface area contributed by atoms with Crippen molar-refractivity contribution in [3.8, 4) is 0 Å². The second kappa shape index (κ2) is 11.7. The molecular weight excluding hydrogens is 406 g/mol. The van der Waals surface area contributed by atoms with Crippen LogP contribution in [0.5, 0.6) is 0 Å². The normalized spacial score (nSPS) is 20.1. The summed E-state index contributed by atoms with van der Waals surface area (Å²) in [5, 5.41) is 3.13. The molecule has 2 heterocycles. The third-order valence-corrected chi connectivity index (χ3v) is 7.21. The van der Waals surface area contributed by atoms with Crippen molar-refractivity contribution >= 4 is 17.7 Å². The van der Waals surface area contributed by atoms with Gasteiger partial charge in [0.2, 0.25) is 0 Å². The lowest BCUT2D eigenvalue weighted by Gasteiger charge is -2.34. The molecule has 1 amide bonds. The first kappa shape index (κ1) is 22.3. The number of piperazine rings is 1. The van der Waals surface area contributed by atoms with Crippen LogP contribution in [0.25, 0.3) is 0 Å². The van der Waals surface area contributed by atoms with Crippen LogP contribution in [0.15, 0.2) is 59.5 Å². The highest BCUT2D eigenvalue weighted by atomic mass is 32.2. The van der Waals surface area contributed by atoms with E-state index in [0.29, 0.717) is 12.6 Å². The van der Waals surface area contributed by atoms with E-state index in [1.165, 1.54) is 5.56 Å². The van der Waals surface area contributed by atoms with Gasteiger partial charge in [-0.05, 0) is 30.5 Å². The third kappa shape index (κ3) is 6.81. The predicted molar refractivity (Wildman–Crippen MR) is 127 cm³/mol. The van der Waals surface area contributed by atoms with Gasteiger partial charge in [0.05, 0.1) is 11.7 Å². The molecule has 1 N–H and O–H groups in total. The fourth-order valence-electron chi connectivity index (χ4n) is 4.17. The standard InChI is InChI=1S/C25H33N3O2S/c29-25(23-10-4-5-11-24(23)31-20-22-9-6-18-30-22)26-12-13-27-14-16-28(17-15-27)19-21-7-2-1-3-8-21/h1-5,7-8,10-11,22H,6,9,12-20H2,(H,26,29). The van der Waals surface area contributed by atoms with Gasteiger partial charge in [-0.25, -0.2) is 0 Å². The average Bonchev–Trinajstić information content (AvgIpc) is 3.33. The summed E-state index contributed by atoms with van der Waals surface area (Å²) < 4.78 is 5.72. The molecule has 2 aliphatic heterocycles. The molecule has 0 spiro atoms. The van der Waals surface area contributed by atoms with E-state index in [4.69, 9.17) is 4.74 Å². The number of nitrogens with one attached hydrogen (secondary N) is 1. The Morgan fingerprint density at radius 2 is 1.74 bits per heavy atom. The van der Waals surface area contributed by atoms with Crippen LogP contribution in [-0.4, -0.2) is 73.4 Å². The Hall–Kier alpha value is -1.86. The highest BCUT2D eigenvalue weighted by molar-refractivity contribution is 7.99. The summed E-state index contributed by atoms with van der Waals surface area (Å²) in [6.45, 7) is 7.72. The summed E-state index contributed by atoms with van der Waals surface area (Å²) in [5.74, 6) is 0.940. The molecule has 0 saturated carbocycles. The second-order valence-corrected chi connectivity index (χ2v) is 9.36. The quantitative estimate of drug-likeness (QED) is 0.606. The molecule has 2 aromatic rings. The maximum Gasteiger partial charge on any atom is 0.252 e. The van der Waals surface area contributed by atoms with Gasteiger partial charge in [0, 0.05) is 63.1 Å². The molecule has 1 unspecified atom stereocenters. The lowest BCUT2D eigenvalue weighted by Crippen LogP contribution is -2.48. The number of rotatable bonds is 9. The van der Waals surface area contributed by atoms with E-state index < -0.39 is 0 Å². The van der Waals surface area contributed by atoms with Crippen molar-refractivity contribution in [3.63, 3.8) is 0 Å². The smallest absolute Gasteiger partial charge is 0.252 e. The molecule has 6 heteroatoms. The van der Waals surface area contributed by atoms with Gasteiger partial charge in [-0.1, -0.05) is 42.5 Å². The molecule has 31 heavy (non-hydrogen) atoms. The highest BCUT2D eigenvalue weighted by Crippen LogP contribution is 2.26. The van der Waals surface area contributed by atoms with E-state index in [0.717, 1.165) is 74.9 Å². The predicted octanol–water partition coefficient (Wildman–Crippen LogP) is 3.51. The molecule has 4 rings (SSSR count). The fourth-order valence-corrected chi connectivity index (χ4v) is 5.29. The van der Waals surface area contributed by atoms with Crippen LogP contribution in [0.3, 0.4) is 0 Å². The van der Waals surface area contributed by atoms with E-state index in [2.05, 4.69) is 45.4 Å². The zero-order chi connectivity index (χ0) is 21.3. The van der Waals surface area contributed by atoms with Crippen LogP contribution in [0.2, 0.25) is 0 Å². The number of hydrogen-bond acceptors (Lipinski definition) is 5. The maximum atomic E-state index is 12.8. The fraction of sp³-hybridized carbons (Fsp3) is 0.480. The zero-order valence-electron chi connectivity index (χ0n) is 18.2. The minimum Gasteiger partial charge on any atom is -0.377 e. The molecule has 0 aliphatic carbocycles. The van der Waals surface area contributed by atoms with Crippen LogP contribution >= 0.6 is 11.8 Å². The number of ether oxygens (including phenoxy) is 1. The average molecular weight is 440 g/mol. The zero-order valence-corrected chi connectivity index (χ0v) is 19.0. The summed E-state index contributed by atoms with van der Waals surface area (Å²) in [7, 11) is 0. The Morgan fingerprint density at radius 3 is 2.52 bits per heavy atom. The first-order valence-electron chi connectivity index (χ1n) is 11.4. The van der Waals surface area contributed by atoms with E-state index in [-0.39, 0.29) is 5.91 Å². The topological polar surface area (TPSA) is 44.8 Å². The van der Waals surface area contributed by atoms with Gasteiger partial charge in [0.15, 0.2) is 0 Å². The summed E-state index contributed by atoms with van der Waals surface area (Å²) in [4.78, 5) is 18.8. The van der Waals surface area contributed by atoms with Crippen LogP contribution in [0.1, 0.15) is 28.8 Å². The van der Waals surface area contributed by atoms with Gasteiger partial charge >= 0.3 is 0 Å². The number of amides is 1.